The maximum atomic E-state index is 13.0. The number of carbonyl (C=O) groups is 2. The van der Waals surface area contributed by atoms with Crippen molar-refractivity contribution in [2.75, 3.05) is 28.6 Å². The second-order valence-electron chi connectivity index (χ2n) is 6.91. The summed E-state index contributed by atoms with van der Waals surface area (Å²) in [7, 11) is -0.698. The number of benzene rings is 3. The van der Waals surface area contributed by atoms with Crippen molar-refractivity contribution in [3.63, 3.8) is 0 Å². The largest absolute Gasteiger partial charge is 0.322 e. The normalized spacial score (nSPS) is 10.9. The minimum absolute atomic E-state index is 0.0185. The van der Waals surface area contributed by atoms with Gasteiger partial charge in [-0.3, -0.25) is 13.9 Å². The Hall–Kier alpha value is -3.65. The molecule has 0 spiro atoms. The molecule has 8 heteroatoms. The SMILES string of the molecule is CC(=O)N(C)c1ccc(NC(=O)c2cccc(S(=O)(=O)N(C)c3ccccc3)c2)cc1. The van der Waals surface area contributed by atoms with E-state index in [4.69, 9.17) is 0 Å². The van der Waals surface area contributed by atoms with Crippen molar-refractivity contribution in [3.05, 3.63) is 84.4 Å². The molecule has 7 nitrogen and oxygen atoms in total. The number of nitrogens with one attached hydrogen (secondary N) is 1. The summed E-state index contributed by atoms with van der Waals surface area (Å²) < 4.78 is 27.1. The predicted octanol–water partition coefficient (Wildman–Crippen LogP) is 3.75. The smallest absolute Gasteiger partial charge is 0.264 e. The van der Waals surface area contributed by atoms with Crippen molar-refractivity contribution in [1.82, 2.24) is 0 Å². The molecule has 0 bridgehead atoms. The lowest BCUT2D eigenvalue weighted by Gasteiger charge is -2.19. The first-order valence-electron chi connectivity index (χ1n) is 9.50. The van der Waals surface area contributed by atoms with E-state index in [9.17, 15) is 18.0 Å². The molecular weight excluding hydrogens is 414 g/mol. The van der Waals surface area contributed by atoms with Crippen molar-refractivity contribution in [1.29, 1.82) is 0 Å². The van der Waals surface area contributed by atoms with Gasteiger partial charge in [-0.25, -0.2) is 8.42 Å². The van der Waals surface area contributed by atoms with Crippen LogP contribution in [-0.4, -0.2) is 34.3 Å². The van der Waals surface area contributed by atoms with Gasteiger partial charge in [0.1, 0.15) is 0 Å². The lowest BCUT2D eigenvalue weighted by atomic mass is 10.2. The molecular formula is C23H23N3O4S. The minimum Gasteiger partial charge on any atom is -0.322 e. The molecule has 0 saturated heterocycles. The van der Waals surface area contributed by atoms with E-state index >= 15 is 0 Å². The van der Waals surface area contributed by atoms with Gasteiger partial charge < -0.3 is 10.2 Å². The van der Waals surface area contributed by atoms with Crippen molar-refractivity contribution in [2.24, 2.45) is 0 Å². The highest BCUT2D eigenvalue weighted by atomic mass is 32.2. The van der Waals surface area contributed by atoms with Gasteiger partial charge in [0.05, 0.1) is 10.6 Å². The van der Waals surface area contributed by atoms with Crippen LogP contribution in [0.2, 0.25) is 0 Å². The van der Waals surface area contributed by atoms with Crippen LogP contribution in [0.25, 0.3) is 0 Å². The van der Waals surface area contributed by atoms with Crippen molar-refractivity contribution in [3.8, 4) is 0 Å². The molecule has 0 aliphatic heterocycles. The van der Waals surface area contributed by atoms with Crippen molar-refractivity contribution in [2.45, 2.75) is 11.8 Å². The van der Waals surface area contributed by atoms with Crippen LogP contribution < -0.4 is 14.5 Å². The standard InChI is InChI=1S/C23H23N3O4S/c1-17(27)25(2)20-14-12-19(13-15-20)24-23(28)18-8-7-11-22(16-18)31(29,30)26(3)21-9-5-4-6-10-21/h4-16H,1-3H3,(H,24,28). The van der Waals surface area contributed by atoms with Crippen LogP contribution in [-0.2, 0) is 14.8 Å². The van der Waals surface area contributed by atoms with Gasteiger partial charge in [0.2, 0.25) is 5.91 Å². The van der Waals surface area contributed by atoms with Crippen LogP contribution in [0.1, 0.15) is 17.3 Å². The summed E-state index contributed by atoms with van der Waals surface area (Å²) in [5, 5.41) is 2.74. The third kappa shape index (κ3) is 4.92. The molecule has 0 atom stereocenters. The van der Waals surface area contributed by atoms with E-state index in [0.29, 0.717) is 17.1 Å². The maximum Gasteiger partial charge on any atom is 0.264 e. The first kappa shape index (κ1) is 22.0. The molecule has 0 aliphatic rings. The molecule has 160 valence electrons. The minimum atomic E-state index is -3.83. The molecule has 3 aromatic rings. The van der Waals surface area contributed by atoms with Gasteiger partial charge in [0.15, 0.2) is 0 Å². The Morgan fingerprint density at radius 2 is 1.45 bits per heavy atom. The zero-order chi connectivity index (χ0) is 22.6. The highest BCUT2D eigenvalue weighted by molar-refractivity contribution is 7.92. The fourth-order valence-corrected chi connectivity index (χ4v) is 4.13. The van der Waals surface area contributed by atoms with Gasteiger partial charge in [0, 0.05) is 38.0 Å². The molecule has 0 unspecified atom stereocenters. The van der Waals surface area contributed by atoms with Crippen LogP contribution in [0.5, 0.6) is 0 Å². The fourth-order valence-electron chi connectivity index (χ4n) is 2.89. The first-order valence-corrected chi connectivity index (χ1v) is 10.9. The van der Waals surface area contributed by atoms with E-state index in [2.05, 4.69) is 5.32 Å². The molecule has 0 aromatic heterocycles. The number of anilines is 3. The lowest BCUT2D eigenvalue weighted by Crippen LogP contribution is -2.26. The Labute approximate surface area is 182 Å². The number of amides is 2. The molecule has 0 fully saturated rings. The number of hydrogen-bond donors (Lipinski definition) is 1. The van der Waals surface area contributed by atoms with E-state index in [1.54, 1.807) is 67.7 Å². The predicted molar refractivity (Wildman–Crippen MR) is 122 cm³/mol. The Morgan fingerprint density at radius 1 is 0.806 bits per heavy atom. The molecule has 0 radical (unpaired) electrons. The quantitative estimate of drug-likeness (QED) is 0.636. The third-order valence-corrected chi connectivity index (χ3v) is 6.64. The average Bonchev–Trinajstić information content (AvgIpc) is 2.79. The second-order valence-corrected chi connectivity index (χ2v) is 8.88. The molecule has 0 saturated carbocycles. The summed E-state index contributed by atoms with van der Waals surface area (Å²) in [6, 6.07) is 21.4. The van der Waals surface area contributed by atoms with Crippen molar-refractivity contribution < 1.29 is 18.0 Å². The number of carbonyl (C=O) groups excluding carboxylic acids is 2. The average molecular weight is 438 g/mol. The summed E-state index contributed by atoms with van der Waals surface area (Å²) in [5.74, 6) is -0.539. The Balaban J connectivity index is 1.79. The highest BCUT2D eigenvalue weighted by Gasteiger charge is 2.22. The van der Waals surface area contributed by atoms with E-state index in [-0.39, 0.29) is 16.4 Å². The molecule has 0 aliphatic carbocycles. The number of rotatable bonds is 6. The molecule has 31 heavy (non-hydrogen) atoms. The molecule has 1 N–H and O–H groups in total. The van der Waals surface area contributed by atoms with Gasteiger partial charge >= 0.3 is 0 Å². The van der Waals surface area contributed by atoms with E-state index in [1.165, 1.54) is 41.4 Å². The van der Waals surface area contributed by atoms with Crippen LogP contribution in [0.15, 0.2) is 83.8 Å². The summed E-state index contributed by atoms with van der Waals surface area (Å²) in [6.45, 7) is 1.46. The summed E-state index contributed by atoms with van der Waals surface area (Å²) in [4.78, 5) is 25.6. The zero-order valence-electron chi connectivity index (χ0n) is 17.4. The maximum absolute atomic E-state index is 13.0. The van der Waals surface area contributed by atoms with Crippen LogP contribution in [0.3, 0.4) is 0 Å². The summed E-state index contributed by atoms with van der Waals surface area (Å²) >= 11 is 0. The van der Waals surface area contributed by atoms with Crippen LogP contribution >= 0.6 is 0 Å². The highest BCUT2D eigenvalue weighted by Crippen LogP contribution is 2.23. The zero-order valence-corrected chi connectivity index (χ0v) is 18.3. The lowest BCUT2D eigenvalue weighted by molar-refractivity contribution is -0.116. The van der Waals surface area contributed by atoms with Gasteiger partial charge in [-0.15, -0.1) is 0 Å². The third-order valence-electron chi connectivity index (χ3n) is 4.86. The molecule has 3 aromatic carbocycles. The van der Waals surface area contributed by atoms with Crippen LogP contribution in [0, 0.1) is 0 Å². The van der Waals surface area contributed by atoms with E-state index < -0.39 is 15.9 Å². The summed E-state index contributed by atoms with van der Waals surface area (Å²) in [5.41, 5.74) is 1.96. The molecule has 3 rings (SSSR count). The monoisotopic (exact) mass is 437 g/mol. The molecule has 0 heterocycles. The first-order chi connectivity index (χ1) is 14.7. The van der Waals surface area contributed by atoms with Gasteiger partial charge in [-0.05, 0) is 54.6 Å². The topological polar surface area (TPSA) is 86.8 Å². The van der Waals surface area contributed by atoms with E-state index in [1.807, 2.05) is 0 Å². The van der Waals surface area contributed by atoms with Crippen molar-refractivity contribution >= 4 is 38.9 Å². The van der Waals surface area contributed by atoms with E-state index in [0.717, 1.165) is 0 Å². The fraction of sp³-hybridized carbons (Fsp3) is 0.130. The Bertz CT molecular complexity index is 1190. The Kier molecular flexibility index (Phi) is 6.41. The van der Waals surface area contributed by atoms with Gasteiger partial charge in [-0.2, -0.15) is 0 Å². The van der Waals surface area contributed by atoms with Gasteiger partial charge in [-0.1, -0.05) is 24.3 Å². The Morgan fingerprint density at radius 3 is 2.06 bits per heavy atom. The number of nitrogens with zero attached hydrogens (tertiary/aromatic N) is 2. The second kappa shape index (κ2) is 9.01. The number of sulfonamides is 1. The molecule has 2 amide bonds. The van der Waals surface area contributed by atoms with Gasteiger partial charge in [0.25, 0.3) is 15.9 Å². The summed E-state index contributed by atoms with van der Waals surface area (Å²) in [6.07, 6.45) is 0. The number of para-hydroxylation sites is 1. The van der Waals surface area contributed by atoms with Crippen LogP contribution in [0.4, 0.5) is 17.1 Å². The number of hydrogen-bond acceptors (Lipinski definition) is 4.